The van der Waals surface area contributed by atoms with Crippen LogP contribution < -0.4 is 5.32 Å². The minimum atomic E-state index is -0.0691. The molecule has 20 heavy (non-hydrogen) atoms. The first kappa shape index (κ1) is 14.9. The van der Waals surface area contributed by atoms with Crippen LogP contribution in [0.3, 0.4) is 0 Å². The third kappa shape index (κ3) is 3.73. The Balaban J connectivity index is 1.84. The van der Waals surface area contributed by atoms with Crippen molar-refractivity contribution in [2.45, 2.75) is 26.4 Å². The topological polar surface area (TPSA) is 84.4 Å². The van der Waals surface area contributed by atoms with Gasteiger partial charge in [-0.2, -0.15) is 0 Å². The van der Waals surface area contributed by atoms with Crippen molar-refractivity contribution in [3.63, 3.8) is 0 Å². The first-order chi connectivity index (χ1) is 9.60. The fourth-order valence-electron chi connectivity index (χ4n) is 2.15. The number of ether oxygens (including phenoxy) is 1. The first-order valence-electron chi connectivity index (χ1n) is 6.48. The Kier molecular flexibility index (Phi) is 5.02. The molecule has 1 aromatic heterocycles. The molecule has 1 aliphatic rings. The normalized spacial score (nSPS) is 16.2. The highest BCUT2D eigenvalue weighted by atomic mass is 32.1. The average molecular weight is 298 g/mol. The number of hydrogen-bond donors (Lipinski definition) is 1. The van der Waals surface area contributed by atoms with Gasteiger partial charge in [-0.3, -0.25) is 9.59 Å². The zero-order valence-electron chi connectivity index (χ0n) is 11.6. The molecule has 1 fully saturated rings. The summed E-state index contributed by atoms with van der Waals surface area (Å²) in [6.07, 6.45) is 1.38. The molecule has 0 saturated carbocycles. The summed E-state index contributed by atoms with van der Waals surface area (Å²) in [6, 6.07) is 0. The van der Waals surface area contributed by atoms with E-state index in [1.54, 1.807) is 18.9 Å². The zero-order valence-corrected chi connectivity index (χ0v) is 12.4. The van der Waals surface area contributed by atoms with Crippen LogP contribution >= 0.6 is 11.3 Å². The van der Waals surface area contributed by atoms with Crippen molar-refractivity contribution in [3.05, 3.63) is 5.01 Å². The SMILES string of the molecule is COCc1nnc(NC(=O)C2CCN(C(C)=O)CC2)s1. The second-order valence-electron chi connectivity index (χ2n) is 4.70. The van der Waals surface area contributed by atoms with E-state index in [1.807, 2.05) is 0 Å². The number of aromatic nitrogens is 2. The summed E-state index contributed by atoms with van der Waals surface area (Å²) in [5, 5.41) is 11.8. The minimum absolute atomic E-state index is 0.0479. The summed E-state index contributed by atoms with van der Waals surface area (Å²) in [6.45, 7) is 3.22. The van der Waals surface area contributed by atoms with E-state index in [9.17, 15) is 9.59 Å². The van der Waals surface area contributed by atoms with E-state index in [0.717, 1.165) is 5.01 Å². The molecule has 2 heterocycles. The van der Waals surface area contributed by atoms with E-state index in [2.05, 4.69) is 15.5 Å². The summed E-state index contributed by atoms with van der Waals surface area (Å²) in [7, 11) is 1.59. The molecule has 1 N–H and O–H groups in total. The van der Waals surface area contributed by atoms with E-state index in [1.165, 1.54) is 11.3 Å². The van der Waals surface area contributed by atoms with Gasteiger partial charge in [0.25, 0.3) is 0 Å². The van der Waals surface area contributed by atoms with Gasteiger partial charge in [-0.1, -0.05) is 11.3 Å². The predicted octanol–water partition coefficient (Wildman–Crippen LogP) is 0.881. The highest BCUT2D eigenvalue weighted by Crippen LogP contribution is 2.21. The van der Waals surface area contributed by atoms with Gasteiger partial charge in [0.1, 0.15) is 11.6 Å². The van der Waals surface area contributed by atoms with Gasteiger partial charge in [0, 0.05) is 33.0 Å². The Morgan fingerprint density at radius 2 is 2.10 bits per heavy atom. The van der Waals surface area contributed by atoms with Crippen LogP contribution in [0.4, 0.5) is 5.13 Å². The van der Waals surface area contributed by atoms with Crippen LogP contribution in [0.1, 0.15) is 24.8 Å². The van der Waals surface area contributed by atoms with Crippen LogP contribution in [-0.4, -0.2) is 47.1 Å². The molecule has 8 heteroatoms. The molecule has 7 nitrogen and oxygen atoms in total. The monoisotopic (exact) mass is 298 g/mol. The van der Waals surface area contributed by atoms with E-state index in [-0.39, 0.29) is 17.7 Å². The minimum Gasteiger partial charge on any atom is -0.377 e. The Labute approximate surface area is 121 Å². The van der Waals surface area contributed by atoms with E-state index >= 15 is 0 Å². The molecular weight excluding hydrogens is 280 g/mol. The highest BCUT2D eigenvalue weighted by molar-refractivity contribution is 7.15. The molecule has 0 unspecified atom stereocenters. The summed E-state index contributed by atoms with van der Waals surface area (Å²) >= 11 is 1.31. The lowest BCUT2D eigenvalue weighted by Crippen LogP contribution is -2.40. The van der Waals surface area contributed by atoms with Crippen LogP contribution in [0.15, 0.2) is 0 Å². The van der Waals surface area contributed by atoms with Crippen molar-refractivity contribution >= 4 is 28.3 Å². The number of rotatable bonds is 4. The molecule has 2 amide bonds. The number of methoxy groups -OCH3 is 1. The Bertz CT molecular complexity index is 483. The zero-order chi connectivity index (χ0) is 14.5. The van der Waals surface area contributed by atoms with Crippen LogP contribution in [0.5, 0.6) is 0 Å². The van der Waals surface area contributed by atoms with E-state index < -0.39 is 0 Å². The van der Waals surface area contributed by atoms with E-state index in [4.69, 9.17) is 4.74 Å². The highest BCUT2D eigenvalue weighted by Gasteiger charge is 2.26. The quantitative estimate of drug-likeness (QED) is 0.892. The van der Waals surface area contributed by atoms with Crippen molar-refractivity contribution in [1.82, 2.24) is 15.1 Å². The summed E-state index contributed by atoms with van der Waals surface area (Å²) in [5.74, 6) is -0.0501. The summed E-state index contributed by atoms with van der Waals surface area (Å²) in [5.41, 5.74) is 0. The number of piperidine rings is 1. The van der Waals surface area contributed by atoms with Crippen molar-refractivity contribution in [1.29, 1.82) is 0 Å². The number of anilines is 1. The molecular formula is C12H18N4O3S. The van der Waals surface area contributed by atoms with Gasteiger partial charge >= 0.3 is 0 Å². The molecule has 0 atom stereocenters. The molecule has 110 valence electrons. The number of likely N-dealkylation sites (tertiary alicyclic amines) is 1. The number of nitrogens with one attached hydrogen (secondary N) is 1. The number of carbonyl (C=O) groups is 2. The fraction of sp³-hybridized carbons (Fsp3) is 0.667. The van der Waals surface area contributed by atoms with Crippen molar-refractivity contribution in [3.8, 4) is 0 Å². The van der Waals surface area contributed by atoms with Crippen molar-refractivity contribution < 1.29 is 14.3 Å². The van der Waals surface area contributed by atoms with Gasteiger partial charge in [0.2, 0.25) is 16.9 Å². The second kappa shape index (κ2) is 6.76. The van der Waals surface area contributed by atoms with Gasteiger partial charge in [0.15, 0.2) is 0 Å². The number of nitrogens with zero attached hydrogens (tertiary/aromatic N) is 3. The summed E-state index contributed by atoms with van der Waals surface area (Å²) < 4.78 is 4.95. The predicted molar refractivity (Wildman–Crippen MR) is 74.2 cm³/mol. The molecule has 0 spiro atoms. The molecule has 0 radical (unpaired) electrons. The molecule has 0 aromatic carbocycles. The molecule has 1 aliphatic heterocycles. The van der Waals surface area contributed by atoms with Crippen molar-refractivity contribution in [2.24, 2.45) is 5.92 Å². The van der Waals surface area contributed by atoms with Crippen LogP contribution in [0.2, 0.25) is 0 Å². The molecule has 0 bridgehead atoms. The summed E-state index contributed by atoms with van der Waals surface area (Å²) in [4.78, 5) is 25.1. The lowest BCUT2D eigenvalue weighted by Gasteiger charge is -2.30. The number of amides is 2. The van der Waals surface area contributed by atoms with Crippen LogP contribution in [0.25, 0.3) is 0 Å². The maximum Gasteiger partial charge on any atom is 0.229 e. The Morgan fingerprint density at radius 3 is 2.70 bits per heavy atom. The lowest BCUT2D eigenvalue weighted by atomic mass is 9.96. The third-order valence-electron chi connectivity index (χ3n) is 3.28. The first-order valence-corrected chi connectivity index (χ1v) is 7.29. The van der Waals surface area contributed by atoms with Crippen LogP contribution in [-0.2, 0) is 20.9 Å². The Hall–Kier alpha value is -1.54. The van der Waals surface area contributed by atoms with Gasteiger partial charge < -0.3 is 15.0 Å². The number of carbonyl (C=O) groups excluding carboxylic acids is 2. The maximum atomic E-state index is 12.1. The van der Waals surface area contributed by atoms with Crippen molar-refractivity contribution in [2.75, 3.05) is 25.5 Å². The van der Waals surface area contributed by atoms with Gasteiger partial charge in [-0.05, 0) is 12.8 Å². The maximum absolute atomic E-state index is 12.1. The second-order valence-corrected chi connectivity index (χ2v) is 5.77. The van der Waals surface area contributed by atoms with Gasteiger partial charge in [-0.15, -0.1) is 10.2 Å². The average Bonchev–Trinajstić information content (AvgIpc) is 2.86. The standard InChI is InChI=1S/C12H18N4O3S/c1-8(17)16-5-3-9(4-6-16)11(18)13-12-15-14-10(20-12)7-19-2/h9H,3-7H2,1-2H3,(H,13,15,18). The van der Waals surface area contributed by atoms with Gasteiger partial charge in [0.05, 0.1) is 0 Å². The Morgan fingerprint density at radius 1 is 1.40 bits per heavy atom. The molecule has 0 aliphatic carbocycles. The molecule has 1 aromatic rings. The van der Waals surface area contributed by atoms with Crippen LogP contribution in [0, 0.1) is 5.92 Å². The van der Waals surface area contributed by atoms with Gasteiger partial charge in [-0.25, -0.2) is 0 Å². The molecule has 1 saturated heterocycles. The number of hydrogen-bond acceptors (Lipinski definition) is 6. The smallest absolute Gasteiger partial charge is 0.229 e. The van der Waals surface area contributed by atoms with E-state index in [0.29, 0.717) is 37.7 Å². The fourth-order valence-corrected chi connectivity index (χ4v) is 2.86. The largest absolute Gasteiger partial charge is 0.377 e. The lowest BCUT2D eigenvalue weighted by molar-refractivity contribution is -0.132. The molecule has 2 rings (SSSR count). The third-order valence-corrected chi connectivity index (χ3v) is 4.09.